The second-order valence-electron chi connectivity index (χ2n) is 5.23. The highest BCUT2D eigenvalue weighted by molar-refractivity contribution is 6.30. The predicted molar refractivity (Wildman–Crippen MR) is 80.8 cm³/mol. The summed E-state index contributed by atoms with van der Waals surface area (Å²) in [5, 5.41) is 12.2. The Hall–Kier alpha value is -2.08. The van der Waals surface area contributed by atoms with Crippen molar-refractivity contribution >= 4 is 29.4 Å². The Kier molecular flexibility index (Phi) is 5.03. The molecule has 1 aliphatic rings. The summed E-state index contributed by atoms with van der Waals surface area (Å²) in [6, 6.07) is 4.70. The molecule has 2 amide bonds. The first-order chi connectivity index (χ1) is 10.4. The molecule has 0 aliphatic carbocycles. The van der Waals surface area contributed by atoms with Gasteiger partial charge in [0.15, 0.2) is 0 Å². The molecular formula is C15H17ClN2O4. The van der Waals surface area contributed by atoms with Gasteiger partial charge in [0.05, 0.1) is 0 Å². The van der Waals surface area contributed by atoms with Gasteiger partial charge in [-0.25, -0.2) is 4.79 Å². The molecule has 1 aliphatic heterocycles. The molecule has 118 valence electrons. The monoisotopic (exact) mass is 324 g/mol. The molecule has 0 bridgehead atoms. The van der Waals surface area contributed by atoms with E-state index in [0.29, 0.717) is 30.0 Å². The second-order valence-corrected chi connectivity index (χ2v) is 5.67. The van der Waals surface area contributed by atoms with Crippen molar-refractivity contribution < 1.29 is 19.5 Å². The summed E-state index contributed by atoms with van der Waals surface area (Å²) in [6.45, 7) is 1.95. The SMILES string of the molecule is CC(NC(=O)c1ccc(Cl)cc1)C(=O)N1CCC[C@H]1C(=O)O. The molecule has 0 radical (unpaired) electrons. The molecule has 2 N–H and O–H groups in total. The number of hydrogen-bond acceptors (Lipinski definition) is 3. The summed E-state index contributed by atoms with van der Waals surface area (Å²) in [4.78, 5) is 36.8. The van der Waals surface area contributed by atoms with Gasteiger partial charge in [0.1, 0.15) is 12.1 Å². The van der Waals surface area contributed by atoms with Crippen LogP contribution in [0.15, 0.2) is 24.3 Å². The largest absolute Gasteiger partial charge is 0.480 e. The molecule has 2 rings (SSSR count). The highest BCUT2D eigenvalue weighted by Crippen LogP contribution is 2.18. The second kappa shape index (κ2) is 6.79. The van der Waals surface area contributed by atoms with Crippen LogP contribution >= 0.6 is 11.6 Å². The Balaban J connectivity index is 2.00. The van der Waals surface area contributed by atoms with Crippen molar-refractivity contribution in [2.24, 2.45) is 0 Å². The third-order valence-corrected chi connectivity index (χ3v) is 3.90. The molecule has 2 atom stereocenters. The molecule has 1 unspecified atom stereocenters. The third-order valence-electron chi connectivity index (χ3n) is 3.65. The Morgan fingerprint density at radius 1 is 1.32 bits per heavy atom. The summed E-state index contributed by atoms with van der Waals surface area (Å²) in [5.74, 6) is -1.79. The van der Waals surface area contributed by atoms with E-state index in [1.165, 1.54) is 4.90 Å². The van der Waals surface area contributed by atoms with Crippen molar-refractivity contribution in [3.63, 3.8) is 0 Å². The lowest BCUT2D eigenvalue weighted by atomic mass is 10.2. The average Bonchev–Trinajstić information content (AvgIpc) is 2.96. The maximum Gasteiger partial charge on any atom is 0.326 e. The number of halogens is 1. The fraction of sp³-hybridized carbons (Fsp3) is 0.400. The smallest absolute Gasteiger partial charge is 0.326 e. The van der Waals surface area contributed by atoms with Crippen LogP contribution in [0.5, 0.6) is 0 Å². The van der Waals surface area contributed by atoms with Crippen LogP contribution in [0.4, 0.5) is 0 Å². The van der Waals surface area contributed by atoms with Gasteiger partial charge in [-0.3, -0.25) is 9.59 Å². The molecule has 1 heterocycles. The van der Waals surface area contributed by atoms with Crippen LogP contribution in [0.2, 0.25) is 5.02 Å². The normalized spacial score (nSPS) is 18.8. The predicted octanol–water partition coefficient (Wildman–Crippen LogP) is 1.53. The molecule has 22 heavy (non-hydrogen) atoms. The quantitative estimate of drug-likeness (QED) is 0.879. The van der Waals surface area contributed by atoms with Gasteiger partial charge in [-0.1, -0.05) is 11.6 Å². The van der Waals surface area contributed by atoms with E-state index in [2.05, 4.69) is 5.32 Å². The van der Waals surface area contributed by atoms with Crippen molar-refractivity contribution in [2.75, 3.05) is 6.54 Å². The number of carboxylic acid groups (broad SMARTS) is 1. The van der Waals surface area contributed by atoms with Crippen LogP contribution in [0.1, 0.15) is 30.1 Å². The van der Waals surface area contributed by atoms with Crippen LogP contribution in [0.3, 0.4) is 0 Å². The molecule has 1 aromatic rings. The first kappa shape index (κ1) is 16.3. The number of aliphatic carboxylic acids is 1. The maximum absolute atomic E-state index is 12.3. The summed E-state index contributed by atoms with van der Waals surface area (Å²) in [5.41, 5.74) is 0.389. The van der Waals surface area contributed by atoms with E-state index in [9.17, 15) is 14.4 Å². The van der Waals surface area contributed by atoms with Gasteiger partial charge in [-0.2, -0.15) is 0 Å². The maximum atomic E-state index is 12.3. The van der Waals surface area contributed by atoms with Gasteiger partial charge in [-0.15, -0.1) is 0 Å². The Labute approximate surface area is 133 Å². The van der Waals surface area contributed by atoms with Crippen LogP contribution in [-0.4, -0.2) is 46.4 Å². The molecule has 0 aromatic heterocycles. The molecule has 1 aromatic carbocycles. The number of hydrogen-bond donors (Lipinski definition) is 2. The first-order valence-corrected chi connectivity index (χ1v) is 7.37. The molecule has 0 saturated carbocycles. The minimum atomic E-state index is -1.01. The molecule has 7 heteroatoms. The number of nitrogens with one attached hydrogen (secondary N) is 1. The Morgan fingerprint density at radius 3 is 2.55 bits per heavy atom. The fourth-order valence-corrected chi connectivity index (χ4v) is 2.60. The lowest BCUT2D eigenvalue weighted by Gasteiger charge is -2.25. The highest BCUT2D eigenvalue weighted by Gasteiger charge is 2.36. The van der Waals surface area contributed by atoms with E-state index in [4.69, 9.17) is 16.7 Å². The Bertz CT molecular complexity index is 588. The van der Waals surface area contributed by atoms with Crippen molar-refractivity contribution in [3.05, 3.63) is 34.9 Å². The summed E-state index contributed by atoms with van der Waals surface area (Å²) < 4.78 is 0. The fourth-order valence-electron chi connectivity index (χ4n) is 2.48. The lowest BCUT2D eigenvalue weighted by molar-refractivity contribution is -0.148. The van der Waals surface area contributed by atoms with Gasteiger partial charge in [0, 0.05) is 17.1 Å². The van der Waals surface area contributed by atoms with Gasteiger partial charge >= 0.3 is 5.97 Å². The minimum Gasteiger partial charge on any atom is -0.480 e. The summed E-state index contributed by atoms with van der Waals surface area (Å²) >= 11 is 5.76. The number of amides is 2. The average molecular weight is 325 g/mol. The number of carboxylic acids is 1. The van der Waals surface area contributed by atoms with E-state index in [0.717, 1.165) is 0 Å². The van der Waals surface area contributed by atoms with Crippen molar-refractivity contribution in [3.8, 4) is 0 Å². The zero-order valence-electron chi connectivity index (χ0n) is 12.1. The highest BCUT2D eigenvalue weighted by atomic mass is 35.5. The topological polar surface area (TPSA) is 86.7 Å². The minimum absolute atomic E-state index is 0.382. The van der Waals surface area contributed by atoms with Crippen LogP contribution in [-0.2, 0) is 9.59 Å². The van der Waals surface area contributed by atoms with Crippen LogP contribution in [0, 0.1) is 0 Å². The van der Waals surface area contributed by atoms with Gasteiger partial charge in [0.25, 0.3) is 5.91 Å². The molecule has 0 spiro atoms. The summed E-state index contributed by atoms with van der Waals surface area (Å²) in [6.07, 6.45) is 1.10. The first-order valence-electron chi connectivity index (χ1n) is 7.00. The van der Waals surface area contributed by atoms with E-state index in [1.807, 2.05) is 0 Å². The standard InChI is InChI=1S/C15H17ClN2O4/c1-9(14(20)18-8-2-3-12(18)15(21)22)17-13(19)10-4-6-11(16)7-5-10/h4-7,9,12H,2-3,8H2,1H3,(H,17,19)(H,21,22)/t9?,12-/m0/s1. The van der Waals surface area contributed by atoms with Crippen LogP contribution in [0.25, 0.3) is 0 Å². The number of nitrogens with zero attached hydrogens (tertiary/aromatic N) is 1. The lowest BCUT2D eigenvalue weighted by Crippen LogP contribution is -2.50. The number of likely N-dealkylation sites (tertiary alicyclic amines) is 1. The number of benzene rings is 1. The zero-order chi connectivity index (χ0) is 16.3. The third kappa shape index (κ3) is 3.57. The van der Waals surface area contributed by atoms with E-state index in [-0.39, 0.29) is 5.91 Å². The van der Waals surface area contributed by atoms with E-state index >= 15 is 0 Å². The molecule has 1 saturated heterocycles. The molecular weight excluding hydrogens is 308 g/mol. The van der Waals surface area contributed by atoms with E-state index < -0.39 is 24.0 Å². The van der Waals surface area contributed by atoms with Crippen molar-refractivity contribution in [2.45, 2.75) is 31.8 Å². The van der Waals surface area contributed by atoms with Gasteiger partial charge in [0.2, 0.25) is 5.91 Å². The summed E-state index contributed by atoms with van der Waals surface area (Å²) in [7, 11) is 0. The number of carbonyl (C=O) groups excluding carboxylic acids is 2. The van der Waals surface area contributed by atoms with Gasteiger partial charge in [-0.05, 0) is 44.0 Å². The zero-order valence-corrected chi connectivity index (χ0v) is 12.8. The van der Waals surface area contributed by atoms with E-state index in [1.54, 1.807) is 31.2 Å². The Morgan fingerprint density at radius 2 is 1.95 bits per heavy atom. The number of carbonyl (C=O) groups is 3. The molecule has 6 nitrogen and oxygen atoms in total. The van der Waals surface area contributed by atoms with Crippen LogP contribution < -0.4 is 5.32 Å². The van der Waals surface area contributed by atoms with Gasteiger partial charge < -0.3 is 15.3 Å². The molecule has 1 fully saturated rings. The number of rotatable bonds is 4. The van der Waals surface area contributed by atoms with Crippen molar-refractivity contribution in [1.29, 1.82) is 0 Å². The van der Waals surface area contributed by atoms with Crippen molar-refractivity contribution in [1.82, 2.24) is 10.2 Å².